The fourth-order valence-corrected chi connectivity index (χ4v) is 4.68. The summed E-state index contributed by atoms with van der Waals surface area (Å²) in [6, 6.07) is 23.4. The number of aryl methyl sites for hydroxylation is 1. The van der Waals surface area contributed by atoms with Crippen molar-refractivity contribution in [2.45, 2.75) is 19.3 Å². The van der Waals surface area contributed by atoms with E-state index in [1.54, 1.807) is 13.4 Å². The van der Waals surface area contributed by atoms with E-state index in [-0.39, 0.29) is 11.8 Å². The molecule has 0 unspecified atom stereocenters. The molecule has 1 aliphatic heterocycles. The first kappa shape index (κ1) is 23.6. The maximum atomic E-state index is 13.2. The number of para-hydroxylation sites is 2. The van der Waals surface area contributed by atoms with Crippen LogP contribution in [0.15, 0.2) is 79.1 Å². The summed E-state index contributed by atoms with van der Waals surface area (Å²) < 4.78 is 7.21. The lowest BCUT2D eigenvalue weighted by Crippen LogP contribution is -2.37. The Morgan fingerprint density at radius 1 is 0.861 bits per heavy atom. The smallest absolute Gasteiger partial charge is 0.253 e. The first-order valence-electron chi connectivity index (χ1n) is 12.3. The molecule has 0 bridgehead atoms. The van der Waals surface area contributed by atoms with Gasteiger partial charge in [-0.2, -0.15) is 0 Å². The quantitative estimate of drug-likeness (QED) is 0.410. The number of carbonyl (C=O) groups is 2. The van der Waals surface area contributed by atoms with Gasteiger partial charge in [-0.15, -0.1) is 0 Å². The molecule has 36 heavy (non-hydrogen) atoms. The highest BCUT2D eigenvalue weighted by atomic mass is 16.5. The molecule has 2 amide bonds. The molecule has 5 rings (SSSR count). The van der Waals surface area contributed by atoms with E-state index in [1.165, 1.54) is 0 Å². The Labute approximate surface area is 210 Å². The van der Waals surface area contributed by atoms with Gasteiger partial charge in [0.1, 0.15) is 12.1 Å². The lowest BCUT2D eigenvalue weighted by Gasteiger charge is -2.22. The fourth-order valence-electron chi connectivity index (χ4n) is 4.68. The molecular weight excluding hydrogens is 452 g/mol. The van der Waals surface area contributed by atoms with Crippen LogP contribution in [0.4, 0.5) is 0 Å². The molecule has 0 spiro atoms. The second-order valence-electron chi connectivity index (χ2n) is 9.02. The molecule has 4 aromatic rings. The number of fused-ring (bicyclic) bond motifs is 1. The lowest BCUT2D eigenvalue weighted by molar-refractivity contribution is -0.131. The van der Waals surface area contributed by atoms with E-state index in [1.807, 2.05) is 87.2 Å². The first-order valence-corrected chi connectivity index (χ1v) is 12.3. The van der Waals surface area contributed by atoms with Gasteiger partial charge in [-0.3, -0.25) is 14.2 Å². The van der Waals surface area contributed by atoms with Gasteiger partial charge in [0.2, 0.25) is 5.91 Å². The summed E-state index contributed by atoms with van der Waals surface area (Å²) in [5.74, 6) is 0.953. The third kappa shape index (κ3) is 5.10. The highest BCUT2D eigenvalue weighted by Crippen LogP contribution is 2.19. The summed E-state index contributed by atoms with van der Waals surface area (Å²) in [7, 11) is 1.64. The number of carbonyl (C=O) groups excluding carboxylic acids is 2. The third-order valence-electron chi connectivity index (χ3n) is 6.77. The third-order valence-corrected chi connectivity index (χ3v) is 6.77. The molecule has 3 aromatic carbocycles. The Morgan fingerprint density at radius 2 is 1.58 bits per heavy atom. The van der Waals surface area contributed by atoms with Crippen molar-refractivity contribution in [1.29, 1.82) is 0 Å². The number of rotatable bonds is 6. The summed E-state index contributed by atoms with van der Waals surface area (Å²) in [5, 5.41) is 0. The molecule has 0 radical (unpaired) electrons. The number of amides is 2. The second-order valence-corrected chi connectivity index (χ2v) is 9.02. The summed E-state index contributed by atoms with van der Waals surface area (Å²) in [6.45, 7) is 2.43. The van der Waals surface area contributed by atoms with Gasteiger partial charge >= 0.3 is 0 Å². The maximum Gasteiger partial charge on any atom is 0.253 e. The van der Waals surface area contributed by atoms with Gasteiger partial charge in [-0.25, -0.2) is 4.98 Å². The van der Waals surface area contributed by atoms with Crippen LogP contribution in [0.25, 0.3) is 16.7 Å². The van der Waals surface area contributed by atoms with E-state index < -0.39 is 0 Å². The van der Waals surface area contributed by atoms with E-state index in [9.17, 15) is 9.59 Å². The molecule has 1 saturated heterocycles. The Balaban J connectivity index is 1.17. The van der Waals surface area contributed by atoms with Gasteiger partial charge in [-0.05, 0) is 66.9 Å². The second kappa shape index (κ2) is 10.6. The normalized spacial score (nSPS) is 14.0. The number of methoxy groups -OCH3 is 1. The van der Waals surface area contributed by atoms with Crippen molar-refractivity contribution in [1.82, 2.24) is 19.4 Å². The van der Waals surface area contributed by atoms with Gasteiger partial charge in [0.15, 0.2) is 0 Å². The molecule has 7 heteroatoms. The molecular formula is C29H30N4O3. The van der Waals surface area contributed by atoms with Crippen LogP contribution in [0.1, 0.15) is 28.8 Å². The van der Waals surface area contributed by atoms with Crippen LogP contribution in [0.2, 0.25) is 0 Å². The topological polar surface area (TPSA) is 67.7 Å². The largest absolute Gasteiger partial charge is 0.497 e. The number of aromatic nitrogens is 2. The van der Waals surface area contributed by atoms with E-state index in [0.717, 1.165) is 34.5 Å². The minimum absolute atomic E-state index is 0.00423. The van der Waals surface area contributed by atoms with Crippen LogP contribution in [0, 0.1) is 0 Å². The molecule has 1 fully saturated rings. The van der Waals surface area contributed by atoms with Gasteiger partial charge in [-0.1, -0.05) is 24.3 Å². The predicted octanol–water partition coefficient (Wildman–Crippen LogP) is 4.34. The van der Waals surface area contributed by atoms with E-state index >= 15 is 0 Å². The van der Waals surface area contributed by atoms with Gasteiger partial charge in [0.25, 0.3) is 5.91 Å². The number of imidazole rings is 1. The minimum Gasteiger partial charge on any atom is -0.497 e. The van der Waals surface area contributed by atoms with Crippen molar-refractivity contribution >= 4 is 22.8 Å². The molecule has 1 aliphatic rings. The van der Waals surface area contributed by atoms with Crippen LogP contribution < -0.4 is 4.74 Å². The van der Waals surface area contributed by atoms with Crippen molar-refractivity contribution < 1.29 is 14.3 Å². The number of hydrogen-bond donors (Lipinski definition) is 0. The van der Waals surface area contributed by atoms with Crippen LogP contribution >= 0.6 is 0 Å². The van der Waals surface area contributed by atoms with Crippen molar-refractivity contribution in [3.05, 3.63) is 90.3 Å². The molecule has 184 valence electrons. The Kier molecular flexibility index (Phi) is 6.98. The summed E-state index contributed by atoms with van der Waals surface area (Å²) in [6.07, 6.45) is 3.74. The average molecular weight is 483 g/mol. The van der Waals surface area contributed by atoms with Crippen LogP contribution in [0.5, 0.6) is 5.75 Å². The highest BCUT2D eigenvalue weighted by Gasteiger charge is 2.23. The Bertz CT molecular complexity index is 1350. The zero-order chi connectivity index (χ0) is 24.9. The summed E-state index contributed by atoms with van der Waals surface area (Å²) in [5.41, 5.74) is 4.70. The standard InChI is InChI=1S/C29H30N4O3/c1-36-25-14-7-22(8-15-25)9-16-28(34)31-17-4-18-32(20-19-31)29(35)23-10-12-24(13-11-23)33-21-30-26-5-2-3-6-27(26)33/h2-3,5-8,10-15,21H,4,9,16-20H2,1H3. The summed E-state index contributed by atoms with van der Waals surface area (Å²) >= 11 is 0. The SMILES string of the molecule is COc1ccc(CCC(=O)N2CCCN(C(=O)c3ccc(-n4cnc5ccccc54)cc3)CC2)cc1. The van der Waals surface area contributed by atoms with Crippen molar-refractivity contribution in [3.63, 3.8) is 0 Å². The molecule has 7 nitrogen and oxygen atoms in total. The van der Waals surface area contributed by atoms with E-state index in [0.29, 0.717) is 44.6 Å². The fraction of sp³-hybridized carbons (Fsp3) is 0.276. The van der Waals surface area contributed by atoms with Crippen molar-refractivity contribution in [3.8, 4) is 11.4 Å². The van der Waals surface area contributed by atoms with E-state index in [4.69, 9.17) is 4.74 Å². The first-order chi connectivity index (χ1) is 17.6. The van der Waals surface area contributed by atoms with Crippen molar-refractivity contribution in [2.75, 3.05) is 33.3 Å². The van der Waals surface area contributed by atoms with E-state index in [2.05, 4.69) is 4.98 Å². The zero-order valence-corrected chi connectivity index (χ0v) is 20.5. The molecule has 2 heterocycles. The molecule has 0 N–H and O–H groups in total. The Hall–Kier alpha value is -4.13. The average Bonchev–Trinajstić information content (AvgIpc) is 3.20. The summed E-state index contributed by atoms with van der Waals surface area (Å²) in [4.78, 5) is 34.2. The lowest BCUT2D eigenvalue weighted by atomic mass is 10.1. The number of nitrogens with zero attached hydrogens (tertiary/aromatic N) is 4. The molecule has 0 saturated carbocycles. The predicted molar refractivity (Wildman–Crippen MR) is 139 cm³/mol. The maximum absolute atomic E-state index is 13.2. The number of hydrogen-bond acceptors (Lipinski definition) is 4. The van der Waals surface area contributed by atoms with Gasteiger partial charge in [0, 0.05) is 43.9 Å². The monoisotopic (exact) mass is 482 g/mol. The van der Waals surface area contributed by atoms with Crippen LogP contribution in [-0.4, -0.2) is 64.5 Å². The molecule has 0 aliphatic carbocycles. The van der Waals surface area contributed by atoms with Gasteiger partial charge in [0.05, 0.1) is 18.1 Å². The van der Waals surface area contributed by atoms with Crippen LogP contribution in [0.3, 0.4) is 0 Å². The Morgan fingerprint density at radius 3 is 2.36 bits per heavy atom. The molecule has 0 atom stereocenters. The number of ether oxygens (including phenoxy) is 1. The van der Waals surface area contributed by atoms with Gasteiger partial charge < -0.3 is 14.5 Å². The number of benzene rings is 3. The zero-order valence-electron chi connectivity index (χ0n) is 20.5. The molecule has 1 aromatic heterocycles. The highest BCUT2D eigenvalue weighted by molar-refractivity contribution is 5.94. The minimum atomic E-state index is 0.00423. The van der Waals surface area contributed by atoms with Crippen LogP contribution in [-0.2, 0) is 11.2 Å². The van der Waals surface area contributed by atoms with Crippen molar-refractivity contribution in [2.24, 2.45) is 0 Å².